The Hall–Kier alpha value is -2.86. The molecule has 0 saturated carbocycles. The Kier molecular flexibility index (Phi) is 5.28. The van der Waals surface area contributed by atoms with Gasteiger partial charge in [-0.05, 0) is 31.4 Å². The number of carbonyl (C=O) groups is 2. The van der Waals surface area contributed by atoms with E-state index in [2.05, 4.69) is 22.5 Å². The molecule has 29 heavy (non-hydrogen) atoms. The van der Waals surface area contributed by atoms with E-state index >= 15 is 0 Å². The molecule has 6 nitrogen and oxygen atoms in total. The Morgan fingerprint density at radius 3 is 2.52 bits per heavy atom. The highest BCUT2D eigenvalue weighted by atomic mass is 16.5. The number of nitrogens with zero attached hydrogens (tertiary/aromatic N) is 2. The average molecular weight is 393 g/mol. The molecule has 4 rings (SSSR count). The van der Waals surface area contributed by atoms with Gasteiger partial charge in [0, 0.05) is 13.0 Å². The van der Waals surface area contributed by atoms with Crippen molar-refractivity contribution < 1.29 is 14.3 Å². The van der Waals surface area contributed by atoms with Crippen LogP contribution in [0.4, 0.5) is 4.79 Å². The molecular weight excluding hydrogens is 366 g/mol. The summed E-state index contributed by atoms with van der Waals surface area (Å²) in [7, 11) is 0. The number of ether oxygens (including phenoxy) is 1. The summed E-state index contributed by atoms with van der Waals surface area (Å²) in [4.78, 5) is 25.0. The van der Waals surface area contributed by atoms with Crippen molar-refractivity contribution in [3.8, 4) is 0 Å². The molecule has 2 aliphatic heterocycles. The number of rotatable bonds is 5. The predicted octanol–water partition coefficient (Wildman–Crippen LogP) is 3.83. The summed E-state index contributed by atoms with van der Waals surface area (Å²) < 4.78 is 5.59. The molecule has 0 spiro atoms. The summed E-state index contributed by atoms with van der Waals surface area (Å²) in [5.41, 5.74) is 1.64. The van der Waals surface area contributed by atoms with Gasteiger partial charge in [-0.1, -0.05) is 60.7 Å². The van der Waals surface area contributed by atoms with Crippen LogP contribution in [0.3, 0.4) is 0 Å². The van der Waals surface area contributed by atoms with Crippen molar-refractivity contribution in [1.29, 1.82) is 0 Å². The molecule has 0 radical (unpaired) electrons. The molecule has 2 saturated heterocycles. The summed E-state index contributed by atoms with van der Waals surface area (Å²) in [6, 6.07) is 19.9. The molecule has 0 bridgehead atoms. The second-order valence-electron chi connectivity index (χ2n) is 8.10. The van der Waals surface area contributed by atoms with E-state index in [1.807, 2.05) is 67.4 Å². The summed E-state index contributed by atoms with van der Waals surface area (Å²) >= 11 is 0. The third-order valence-corrected chi connectivity index (χ3v) is 5.88. The summed E-state index contributed by atoms with van der Waals surface area (Å²) in [5.74, 6) is 0.0904. The van der Waals surface area contributed by atoms with Crippen LogP contribution in [0, 0.1) is 0 Å². The Balaban J connectivity index is 1.43. The zero-order valence-corrected chi connectivity index (χ0v) is 16.9. The zero-order valence-electron chi connectivity index (χ0n) is 16.9. The van der Waals surface area contributed by atoms with Crippen LogP contribution in [0.1, 0.15) is 49.9 Å². The fourth-order valence-corrected chi connectivity index (χ4v) is 4.42. The van der Waals surface area contributed by atoms with Crippen molar-refractivity contribution in [2.24, 2.45) is 0 Å². The number of amides is 2. The Labute approximate surface area is 171 Å². The number of hydrogen-bond donors (Lipinski definition) is 1. The smallest absolute Gasteiger partial charge is 0.407 e. The third-order valence-electron chi connectivity index (χ3n) is 5.88. The number of alkyl carbamates (subject to hydrolysis) is 1. The molecule has 3 atom stereocenters. The normalized spacial score (nSPS) is 25.0. The van der Waals surface area contributed by atoms with Gasteiger partial charge in [0.25, 0.3) is 0 Å². The highest BCUT2D eigenvalue weighted by molar-refractivity contribution is 5.79. The van der Waals surface area contributed by atoms with E-state index in [1.54, 1.807) is 0 Å². The largest absolute Gasteiger partial charge is 0.447 e. The van der Waals surface area contributed by atoms with E-state index < -0.39 is 11.6 Å². The molecule has 0 aliphatic carbocycles. The molecule has 6 heteroatoms. The number of carbonyl (C=O) groups excluding carboxylic acids is 2. The van der Waals surface area contributed by atoms with E-state index in [1.165, 1.54) is 5.56 Å². The molecule has 2 aromatic carbocycles. The van der Waals surface area contributed by atoms with Crippen molar-refractivity contribution in [2.75, 3.05) is 13.2 Å². The number of hydrogen-bond acceptors (Lipinski definition) is 4. The molecule has 2 aromatic rings. The monoisotopic (exact) mass is 393 g/mol. The standard InChI is InChI=1S/C23H27N3O3/c1-17(18-9-5-3-6-10-18)24-22(28)29-16-23(2)15-20(19-11-7-4-8-12-19)25-14-13-21(27)26(23)25/h3-12,17,20H,13-16H2,1-2H3,(H,24,28)/t17-,20-,23-/m0/s1. The van der Waals surface area contributed by atoms with E-state index in [0.29, 0.717) is 13.0 Å². The van der Waals surface area contributed by atoms with Gasteiger partial charge in [0.15, 0.2) is 0 Å². The van der Waals surface area contributed by atoms with Crippen molar-refractivity contribution >= 4 is 12.0 Å². The maximum absolute atomic E-state index is 12.6. The summed E-state index contributed by atoms with van der Waals surface area (Å²) in [6.45, 7) is 4.78. The van der Waals surface area contributed by atoms with Crippen molar-refractivity contribution in [3.63, 3.8) is 0 Å². The van der Waals surface area contributed by atoms with E-state index in [4.69, 9.17) is 4.74 Å². The molecule has 0 unspecified atom stereocenters. The van der Waals surface area contributed by atoms with Gasteiger partial charge in [-0.25, -0.2) is 9.80 Å². The number of nitrogens with one attached hydrogen (secondary N) is 1. The number of fused-ring (bicyclic) bond motifs is 1. The van der Waals surface area contributed by atoms with Crippen LogP contribution < -0.4 is 5.32 Å². The molecule has 2 aliphatic rings. The van der Waals surface area contributed by atoms with Gasteiger partial charge < -0.3 is 10.1 Å². The lowest BCUT2D eigenvalue weighted by molar-refractivity contribution is -0.145. The predicted molar refractivity (Wildman–Crippen MR) is 110 cm³/mol. The van der Waals surface area contributed by atoms with Crippen molar-refractivity contribution in [3.05, 3.63) is 71.8 Å². The van der Waals surface area contributed by atoms with Crippen molar-refractivity contribution in [1.82, 2.24) is 15.3 Å². The third kappa shape index (κ3) is 3.85. The zero-order chi connectivity index (χ0) is 20.4. The van der Waals surface area contributed by atoms with Gasteiger partial charge in [-0.2, -0.15) is 0 Å². The SMILES string of the molecule is C[C@H](NC(=O)OC[C@]1(C)C[C@@H](c2ccccc2)N2CCC(=O)N21)c1ccccc1. The molecule has 2 fully saturated rings. The fourth-order valence-electron chi connectivity index (χ4n) is 4.42. The van der Waals surface area contributed by atoms with Gasteiger partial charge >= 0.3 is 6.09 Å². The minimum Gasteiger partial charge on any atom is -0.447 e. The Bertz CT molecular complexity index is 873. The van der Waals surface area contributed by atoms with Gasteiger partial charge in [0.05, 0.1) is 17.6 Å². The Morgan fingerprint density at radius 2 is 1.83 bits per heavy atom. The van der Waals surface area contributed by atoms with Crippen LogP contribution in [0.2, 0.25) is 0 Å². The minimum atomic E-state index is -0.554. The number of hydrazine groups is 1. The van der Waals surface area contributed by atoms with Gasteiger partial charge in [-0.15, -0.1) is 0 Å². The second kappa shape index (κ2) is 7.87. The average Bonchev–Trinajstić information content (AvgIpc) is 3.27. The van der Waals surface area contributed by atoms with E-state index in [9.17, 15) is 9.59 Å². The maximum Gasteiger partial charge on any atom is 0.407 e. The van der Waals surface area contributed by atoms with Crippen LogP contribution in [0.25, 0.3) is 0 Å². The second-order valence-corrected chi connectivity index (χ2v) is 8.10. The molecule has 1 N–H and O–H groups in total. The summed E-state index contributed by atoms with van der Waals surface area (Å²) in [6.07, 6.45) is 0.754. The molecular formula is C23H27N3O3. The first-order chi connectivity index (χ1) is 14.0. The van der Waals surface area contributed by atoms with Crippen LogP contribution in [-0.2, 0) is 9.53 Å². The van der Waals surface area contributed by atoms with E-state index in [0.717, 1.165) is 12.0 Å². The van der Waals surface area contributed by atoms with Gasteiger partial charge in [0.1, 0.15) is 6.61 Å². The van der Waals surface area contributed by atoms with Gasteiger partial charge in [0.2, 0.25) is 5.91 Å². The topological polar surface area (TPSA) is 61.9 Å². The van der Waals surface area contributed by atoms with Gasteiger partial charge in [-0.3, -0.25) is 9.80 Å². The van der Waals surface area contributed by atoms with Crippen LogP contribution in [0.5, 0.6) is 0 Å². The molecule has 2 heterocycles. The maximum atomic E-state index is 12.6. The lowest BCUT2D eigenvalue weighted by Gasteiger charge is -2.34. The molecule has 0 aromatic heterocycles. The lowest BCUT2D eigenvalue weighted by atomic mass is 9.92. The van der Waals surface area contributed by atoms with Crippen LogP contribution >= 0.6 is 0 Å². The van der Waals surface area contributed by atoms with Crippen LogP contribution in [-0.4, -0.2) is 40.7 Å². The van der Waals surface area contributed by atoms with Crippen LogP contribution in [0.15, 0.2) is 60.7 Å². The fraction of sp³-hybridized carbons (Fsp3) is 0.391. The Morgan fingerprint density at radius 1 is 1.17 bits per heavy atom. The molecule has 152 valence electrons. The first kappa shape index (κ1) is 19.5. The van der Waals surface area contributed by atoms with Crippen molar-refractivity contribution in [2.45, 2.75) is 44.3 Å². The minimum absolute atomic E-state index is 0.0904. The first-order valence-electron chi connectivity index (χ1n) is 10.1. The highest BCUT2D eigenvalue weighted by Gasteiger charge is 2.53. The summed E-state index contributed by atoms with van der Waals surface area (Å²) in [5, 5.41) is 6.82. The van der Waals surface area contributed by atoms with E-state index in [-0.39, 0.29) is 24.6 Å². The first-order valence-corrected chi connectivity index (χ1v) is 10.1. The quantitative estimate of drug-likeness (QED) is 0.839. The molecule has 2 amide bonds. The lowest BCUT2D eigenvalue weighted by Crippen LogP contribution is -2.50. The highest BCUT2D eigenvalue weighted by Crippen LogP contribution is 2.45. The number of benzene rings is 2.